The standard InChI is InChI=1S/C10H7F4IN2O3/c11-9(12)10(13,14)4-16-8(18)6-3-5(17(19)20)1-2-7(6)15/h1-3,9H,4H2,(H,16,18). The van der Waals surface area contributed by atoms with Gasteiger partial charge in [-0.15, -0.1) is 0 Å². The van der Waals surface area contributed by atoms with Gasteiger partial charge in [0.15, 0.2) is 0 Å². The third-order valence-corrected chi connectivity index (χ3v) is 3.15. The van der Waals surface area contributed by atoms with E-state index >= 15 is 0 Å². The lowest BCUT2D eigenvalue weighted by atomic mass is 10.2. The Kier molecular flexibility index (Phi) is 5.25. The van der Waals surface area contributed by atoms with Crippen LogP contribution in [0.4, 0.5) is 23.2 Å². The van der Waals surface area contributed by atoms with Crippen molar-refractivity contribution in [2.45, 2.75) is 12.3 Å². The second kappa shape index (κ2) is 6.33. The van der Waals surface area contributed by atoms with Crippen molar-refractivity contribution in [1.29, 1.82) is 0 Å². The van der Waals surface area contributed by atoms with Gasteiger partial charge in [-0.25, -0.2) is 8.78 Å². The first-order valence-corrected chi connectivity index (χ1v) is 6.11. The maximum Gasteiger partial charge on any atom is 0.324 e. The molecule has 1 amide bonds. The molecule has 10 heteroatoms. The number of non-ortho nitro benzene ring substituents is 1. The van der Waals surface area contributed by atoms with Gasteiger partial charge in [-0.1, -0.05) is 0 Å². The van der Waals surface area contributed by atoms with Gasteiger partial charge in [-0.2, -0.15) is 8.78 Å². The maximum absolute atomic E-state index is 12.7. The Bertz CT molecular complexity index is 539. The molecule has 0 saturated heterocycles. The summed E-state index contributed by atoms with van der Waals surface area (Å²) in [5.41, 5.74) is -0.638. The summed E-state index contributed by atoms with van der Waals surface area (Å²) < 4.78 is 49.4. The number of amides is 1. The number of rotatable bonds is 5. The molecule has 0 heterocycles. The van der Waals surface area contributed by atoms with Gasteiger partial charge in [0.25, 0.3) is 11.6 Å². The Balaban J connectivity index is 2.88. The molecular weight excluding hydrogens is 399 g/mol. The first-order chi connectivity index (χ1) is 9.15. The fourth-order valence-electron chi connectivity index (χ4n) is 1.17. The molecule has 0 aromatic heterocycles. The van der Waals surface area contributed by atoms with Crippen LogP contribution in [-0.4, -0.2) is 29.7 Å². The summed E-state index contributed by atoms with van der Waals surface area (Å²) in [6, 6.07) is 3.27. The van der Waals surface area contributed by atoms with Crippen molar-refractivity contribution >= 4 is 34.2 Å². The summed E-state index contributed by atoms with van der Waals surface area (Å²) in [7, 11) is 0. The molecule has 0 bridgehead atoms. The Morgan fingerprint density at radius 1 is 1.45 bits per heavy atom. The molecule has 1 rings (SSSR count). The van der Waals surface area contributed by atoms with E-state index in [-0.39, 0.29) is 9.13 Å². The van der Waals surface area contributed by atoms with Crippen molar-refractivity contribution in [1.82, 2.24) is 5.32 Å². The molecule has 0 unspecified atom stereocenters. The van der Waals surface area contributed by atoms with E-state index in [0.29, 0.717) is 0 Å². The van der Waals surface area contributed by atoms with Crippen LogP contribution < -0.4 is 5.32 Å². The van der Waals surface area contributed by atoms with Crippen molar-refractivity contribution in [3.05, 3.63) is 37.4 Å². The molecule has 1 aromatic carbocycles. The van der Waals surface area contributed by atoms with Gasteiger partial charge >= 0.3 is 12.3 Å². The Labute approximate surface area is 123 Å². The van der Waals surface area contributed by atoms with Gasteiger partial charge in [-0.05, 0) is 28.7 Å². The number of nitro benzene ring substituents is 1. The molecule has 0 atom stereocenters. The number of carbonyl (C=O) groups excluding carboxylic acids is 1. The minimum Gasteiger partial charge on any atom is -0.346 e. The molecule has 0 saturated carbocycles. The molecule has 0 aliphatic heterocycles. The van der Waals surface area contributed by atoms with Crippen LogP contribution in [0.5, 0.6) is 0 Å². The molecule has 0 radical (unpaired) electrons. The highest BCUT2D eigenvalue weighted by Gasteiger charge is 2.41. The summed E-state index contributed by atoms with van der Waals surface area (Å²) in [6.45, 7) is -1.55. The van der Waals surface area contributed by atoms with E-state index < -0.39 is 35.4 Å². The monoisotopic (exact) mass is 406 g/mol. The molecule has 20 heavy (non-hydrogen) atoms. The number of halogens is 5. The number of nitrogens with zero attached hydrogens (tertiary/aromatic N) is 1. The van der Waals surface area contributed by atoms with E-state index in [1.165, 1.54) is 6.07 Å². The summed E-state index contributed by atoms with van der Waals surface area (Å²) >= 11 is 1.67. The van der Waals surface area contributed by atoms with Crippen LogP contribution in [0.25, 0.3) is 0 Å². The number of alkyl halides is 4. The Morgan fingerprint density at radius 3 is 2.55 bits per heavy atom. The maximum atomic E-state index is 12.7. The van der Waals surface area contributed by atoms with Crippen LogP contribution in [0.15, 0.2) is 18.2 Å². The Morgan fingerprint density at radius 2 is 2.05 bits per heavy atom. The molecule has 0 fully saturated rings. The lowest BCUT2D eigenvalue weighted by Crippen LogP contribution is -2.41. The van der Waals surface area contributed by atoms with Crippen LogP contribution in [0.1, 0.15) is 10.4 Å². The van der Waals surface area contributed by atoms with Crippen LogP contribution in [0.2, 0.25) is 0 Å². The molecule has 0 aliphatic carbocycles. The minimum atomic E-state index is -4.36. The van der Waals surface area contributed by atoms with Gasteiger partial charge in [-0.3, -0.25) is 14.9 Å². The lowest BCUT2D eigenvalue weighted by molar-refractivity contribution is -0.384. The predicted molar refractivity (Wildman–Crippen MR) is 69.1 cm³/mol. The van der Waals surface area contributed by atoms with Gasteiger partial charge in [0, 0.05) is 15.7 Å². The molecule has 110 valence electrons. The molecule has 0 aliphatic rings. The van der Waals surface area contributed by atoms with Crippen molar-refractivity contribution in [2.24, 2.45) is 0 Å². The van der Waals surface area contributed by atoms with Crippen LogP contribution in [-0.2, 0) is 0 Å². The van der Waals surface area contributed by atoms with E-state index in [9.17, 15) is 32.5 Å². The quantitative estimate of drug-likeness (QED) is 0.354. The fraction of sp³-hybridized carbons (Fsp3) is 0.300. The van der Waals surface area contributed by atoms with Crippen LogP contribution >= 0.6 is 22.6 Å². The van der Waals surface area contributed by atoms with E-state index in [0.717, 1.165) is 12.1 Å². The number of benzene rings is 1. The first-order valence-electron chi connectivity index (χ1n) is 5.03. The van der Waals surface area contributed by atoms with Crippen molar-refractivity contribution in [3.63, 3.8) is 0 Å². The number of hydrogen-bond donors (Lipinski definition) is 1. The lowest BCUT2D eigenvalue weighted by Gasteiger charge is -2.16. The highest BCUT2D eigenvalue weighted by atomic mass is 127. The van der Waals surface area contributed by atoms with Crippen LogP contribution in [0.3, 0.4) is 0 Å². The van der Waals surface area contributed by atoms with Crippen molar-refractivity contribution < 1.29 is 27.3 Å². The zero-order valence-electron chi connectivity index (χ0n) is 9.58. The van der Waals surface area contributed by atoms with Crippen LogP contribution in [0, 0.1) is 13.7 Å². The zero-order chi connectivity index (χ0) is 15.5. The average molecular weight is 406 g/mol. The molecule has 1 N–H and O–H groups in total. The SMILES string of the molecule is O=C(NCC(F)(F)C(F)F)c1cc([N+](=O)[O-])ccc1I. The van der Waals surface area contributed by atoms with E-state index in [2.05, 4.69) is 0 Å². The largest absolute Gasteiger partial charge is 0.346 e. The normalized spacial score (nSPS) is 11.5. The topological polar surface area (TPSA) is 72.2 Å². The summed E-state index contributed by atoms with van der Waals surface area (Å²) in [5, 5.41) is 12.2. The van der Waals surface area contributed by atoms with Gasteiger partial charge in [0.2, 0.25) is 0 Å². The third-order valence-electron chi connectivity index (χ3n) is 2.21. The highest BCUT2D eigenvalue weighted by Crippen LogP contribution is 2.23. The van der Waals surface area contributed by atoms with Gasteiger partial charge in [0.1, 0.15) is 0 Å². The van der Waals surface area contributed by atoms with E-state index in [4.69, 9.17) is 0 Å². The number of hydrogen-bond acceptors (Lipinski definition) is 3. The first kappa shape index (κ1) is 16.6. The molecule has 5 nitrogen and oxygen atoms in total. The third kappa shape index (κ3) is 4.02. The second-order valence-electron chi connectivity index (χ2n) is 3.67. The molecule has 0 spiro atoms. The van der Waals surface area contributed by atoms with Gasteiger partial charge in [0.05, 0.1) is 17.0 Å². The molecular formula is C10H7F4IN2O3. The summed E-state index contributed by atoms with van der Waals surface area (Å²) in [5.74, 6) is -5.44. The molecule has 1 aromatic rings. The van der Waals surface area contributed by atoms with E-state index in [1.54, 1.807) is 27.9 Å². The van der Waals surface area contributed by atoms with E-state index in [1.807, 2.05) is 0 Å². The summed E-state index contributed by atoms with van der Waals surface area (Å²) in [6.07, 6.45) is -3.91. The fourth-order valence-corrected chi connectivity index (χ4v) is 1.75. The Hall–Kier alpha value is -1.46. The number of nitrogens with one attached hydrogen (secondary N) is 1. The predicted octanol–water partition coefficient (Wildman–Crippen LogP) is 2.83. The smallest absolute Gasteiger partial charge is 0.324 e. The number of nitro groups is 1. The van der Waals surface area contributed by atoms with Crippen molar-refractivity contribution in [3.8, 4) is 0 Å². The van der Waals surface area contributed by atoms with Crippen molar-refractivity contribution in [2.75, 3.05) is 6.54 Å². The zero-order valence-corrected chi connectivity index (χ0v) is 11.7. The average Bonchev–Trinajstić information content (AvgIpc) is 2.36. The van der Waals surface area contributed by atoms with Gasteiger partial charge < -0.3 is 5.32 Å². The second-order valence-corrected chi connectivity index (χ2v) is 4.83. The highest BCUT2D eigenvalue weighted by molar-refractivity contribution is 14.1. The number of carbonyl (C=O) groups is 1. The minimum absolute atomic E-state index is 0.232. The summed E-state index contributed by atoms with van der Waals surface area (Å²) in [4.78, 5) is 21.4.